The maximum absolute atomic E-state index is 11.8. The fourth-order valence-electron chi connectivity index (χ4n) is 1.68. The quantitative estimate of drug-likeness (QED) is 0.556. The van der Waals surface area contributed by atoms with Crippen molar-refractivity contribution in [2.24, 2.45) is 0 Å². The summed E-state index contributed by atoms with van der Waals surface area (Å²) in [5.74, 6) is -0.00970. The predicted octanol–water partition coefficient (Wildman–Crippen LogP) is 2.01. The van der Waals surface area contributed by atoms with E-state index in [1.807, 2.05) is 6.92 Å². The number of amides is 1. The van der Waals surface area contributed by atoms with Crippen molar-refractivity contribution < 1.29 is 9.59 Å². The summed E-state index contributed by atoms with van der Waals surface area (Å²) in [6.07, 6.45) is 1.56. The number of Topliss-reactive ketones (excluding diaryl/α,β-unsaturated/α-hetero) is 1. The molecule has 19 heavy (non-hydrogen) atoms. The lowest BCUT2D eigenvalue weighted by Gasteiger charge is -2.06. The molecule has 0 saturated carbocycles. The Morgan fingerprint density at radius 1 is 0.947 bits per heavy atom. The fraction of sp³-hybridized carbons (Fsp3) is 0.467. The van der Waals surface area contributed by atoms with Gasteiger partial charge < -0.3 is 10.6 Å². The molecule has 0 aliphatic heterocycles. The summed E-state index contributed by atoms with van der Waals surface area (Å²) in [5.41, 5.74) is 1.24. The Balaban J connectivity index is 2.42. The van der Waals surface area contributed by atoms with Gasteiger partial charge in [-0.2, -0.15) is 0 Å². The minimum absolute atomic E-state index is 0.0933. The number of rotatable bonds is 8. The number of ketones is 1. The summed E-state index contributed by atoms with van der Waals surface area (Å²) in [6.45, 7) is 6.27. The Kier molecular flexibility index (Phi) is 6.82. The molecule has 0 atom stereocenters. The Morgan fingerprint density at radius 2 is 1.58 bits per heavy atom. The number of carbonyl (C=O) groups is 2. The van der Waals surface area contributed by atoms with Crippen LogP contribution in [-0.4, -0.2) is 31.3 Å². The second-order valence-corrected chi connectivity index (χ2v) is 4.36. The molecule has 0 saturated heterocycles. The van der Waals surface area contributed by atoms with Crippen LogP contribution in [0.2, 0.25) is 0 Å². The van der Waals surface area contributed by atoms with E-state index in [0.29, 0.717) is 24.1 Å². The van der Waals surface area contributed by atoms with Crippen LogP contribution in [0.3, 0.4) is 0 Å². The highest BCUT2D eigenvalue weighted by Crippen LogP contribution is 2.06. The minimum Gasteiger partial charge on any atom is -0.351 e. The summed E-state index contributed by atoms with van der Waals surface area (Å²) in [6, 6.07) is 6.79. The van der Waals surface area contributed by atoms with Crippen LogP contribution in [0.5, 0.6) is 0 Å². The zero-order valence-corrected chi connectivity index (χ0v) is 11.7. The third-order valence-corrected chi connectivity index (χ3v) is 2.80. The number of hydrogen-bond donors (Lipinski definition) is 2. The van der Waals surface area contributed by atoms with Gasteiger partial charge in [-0.15, -0.1) is 0 Å². The smallest absolute Gasteiger partial charge is 0.251 e. The van der Waals surface area contributed by atoms with E-state index in [4.69, 9.17) is 0 Å². The zero-order valence-electron chi connectivity index (χ0n) is 11.7. The van der Waals surface area contributed by atoms with Crippen LogP contribution in [0.4, 0.5) is 0 Å². The summed E-state index contributed by atoms with van der Waals surface area (Å²) >= 11 is 0. The summed E-state index contributed by atoms with van der Waals surface area (Å²) in [7, 11) is 0. The summed E-state index contributed by atoms with van der Waals surface area (Å²) in [5, 5.41) is 6.05. The lowest BCUT2D eigenvalue weighted by molar-refractivity contribution is 0.0950. The van der Waals surface area contributed by atoms with E-state index < -0.39 is 0 Å². The van der Waals surface area contributed by atoms with E-state index in [1.54, 1.807) is 24.3 Å². The van der Waals surface area contributed by atoms with Crippen molar-refractivity contribution in [1.82, 2.24) is 10.6 Å². The number of nitrogens with one attached hydrogen (secondary N) is 2. The molecule has 4 heteroatoms. The van der Waals surface area contributed by atoms with Gasteiger partial charge in [0.05, 0.1) is 0 Å². The van der Waals surface area contributed by atoms with E-state index in [1.165, 1.54) is 0 Å². The lowest BCUT2D eigenvalue weighted by atomic mass is 10.1. The van der Waals surface area contributed by atoms with Crippen molar-refractivity contribution in [1.29, 1.82) is 0 Å². The van der Waals surface area contributed by atoms with Crippen LogP contribution in [0.15, 0.2) is 24.3 Å². The molecule has 0 bridgehead atoms. The molecular weight excluding hydrogens is 240 g/mol. The molecule has 0 aromatic heterocycles. The average molecular weight is 262 g/mol. The first-order valence-corrected chi connectivity index (χ1v) is 6.81. The Bertz CT molecular complexity index is 413. The van der Waals surface area contributed by atoms with Crippen molar-refractivity contribution in [3.8, 4) is 0 Å². The van der Waals surface area contributed by atoms with Crippen LogP contribution in [-0.2, 0) is 0 Å². The molecule has 0 aliphatic rings. The van der Waals surface area contributed by atoms with Crippen molar-refractivity contribution >= 4 is 11.7 Å². The Labute approximate surface area is 114 Å². The van der Waals surface area contributed by atoms with Gasteiger partial charge in [0, 0.05) is 30.6 Å². The molecule has 0 spiro atoms. The normalized spacial score (nSPS) is 10.2. The molecule has 1 amide bonds. The van der Waals surface area contributed by atoms with Gasteiger partial charge in [0.2, 0.25) is 0 Å². The topological polar surface area (TPSA) is 58.2 Å². The molecule has 104 valence electrons. The van der Waals surface area contributed by atoms with Crippen molar-refractivity contribution in [2.75, 3.05) is 19.6 Å². The number of hydrogen-bond acceptors (Lipinski definition) is 3. The third-order valence-electron chi connectivity index (χ3n) is 2.80. The fourth-order valence-corrected chi connectivity index (χ4v) is 1.68. The van der Waals surface area contributed by atoms with Crippen molar-refractivity contribution in [2.45, 2.75) is 26.7 Å². The molecule has 1 aromatic rings. The molecule has 0 unspecified atom stereocenters. The molecule has 0 aliphatic carbocycles. The largest absolute Gasteiger partial charge is 0.351 e. The first-order chi connectivity index (χ1) is 9.19. The first kappa shape index (κ1) is 15.4. The van der Waals surface area contributed by atoms with Gasteiger partial charge in [-0.3, -0.25) is 9.59 Å². The molecule has 0 radical (unpaired) electrons. The summed E-state index contributed by atoms with van der Waals surface area (Å²) < 4.78 is 0. The molecule has 1 aromatic carbocycles. The van der Waals surface area contributed by atoms with Gasteiger partial charge >= 0.3 is 0 Å². The van der Waals surface area contributed by atoms with Crippen molar-refractivity contribution in [3.63, 3.8) is 0 Å². The molecule has 1 rings (SSSR count). The van der Waals surface area contributed by atoms with E-state index in [2.05, 4.69) is 17.6 Å². The third kappa shape index (κ3) is 5.22. The van der Waals surface area contributed by atoms with Crippen LogP contribution in [0.1, 0.15) is 47.4 Å². The second-order valence-electron chi connectivity index (χ2n) is 4.36. The SMILES string of the molecule is CCCNCCNC(=O)c1ccc(C(=O)CC)cc1. The molecular formula is C15H22N2O2. The Hall–Kier alpha value is -1.68. The molecule has 4 nitrogen and oxygen atoms in total. The monoisotopic (exact) mass is 262 g/mol. The van der Waals surface area contributed by atoms with Gasteiger partial charge in [-0.1, -0.05) is 26.0 Å². The van der Waals surface area contributed by atoms with Crippen molar-refractivity contribution in [3.05, 3.63) is 35.4 Å². The van der Waals surface area contributed by atoms with E-state index in [9.17, 15) is 9.59 Å². The minimum atomic E-state index is -0.103. The highest BCUT2D eigenvalue weighted by Gasteiger charge is 2.07. The zero-order chi connectivity index (χ0) is 14.1. The van der Waals surface area contributed by atoms with Crippen LogP contribution < -0.4 is 10.6 Å². The van der Waals surface area contributed by atoms with Gasteiger partial charge in [-0.25, -0.2) is 0 Å². The first-order valence-electron chi connectivity index (χ1n) is 6.81. The van der Waals surface area contributed by atoms with Crippen LogP contribution in [0.25, 0.3) is 0 Å². The standard InChI is InChI=1S/C15H22N2O2/c1-3-9-16-10-11-17-15(19)13-7-5-12(6-8-13)14(18)4-2/h5-8,16H,3-4,9-11H2,1-2H3,(H,17,19). The maximum atomic E-state index is 11.8. The van der Waals surface area contributed by atoms with Gasteiger partial charge in [0.15, 0.2) is 5.78 Å². The Morgan fingerprint density at radius 3 is 2.16 bits per heavy atom. The van der Waals surface area contributed by atoms with E-state index in [-0.39, 0.29) is 11.7 Å². The van der Waals surface area contributed by atoms with Gasteiger partial charge in [0.25, 0.3) is 5.91 Å². The molecule has 2 N–H and O–H groups in total. The van der Waals surface area contributed by atoms with E-state index in [0.717, 1.165) is 19.5 Å². The second kappa shape index (κ2) is 8.43. The molecule has 0 fully saturated rings. The maximum Gasteiger partial charge on any atom is 0.251 e. The number of carbonyl (C=O) groups excluding carboxylic acids is 2. The van der Waals surface area contributed by atoms with Crippen LogP contribution in [0, 0.1) is 0 Å². The van der Waals surface area contributed by atoms with Gasteiger partial charge in [-0.05, 0) is 25.1 Å². The highest BCUT2D eigenvalue weighted by atomic mass is 16.1. The highest BCUT2D eigenvalue weighted by molar-refractivity contribution is 5.98. The lowest BCUT2D eigenvalue weighted by Crippen LogP contribution is -2.32. The molecule has 0 heterocycles. The average Bonchev–Trinajstić information content (AvgIpc) is 2.46. The summed E-state index contributed by atoms with van der Waals surface area (Å²) in [4.78, 5) is 23.3. The van der Waals surface area contributed by atoms with E-state index >= 15 is 0 Å². The predicted molar refractivity (Wildman–Crippen MR) is 76.6 cm³/mol. The van der Waals surface area contributed by atoms with Gasteiger partial charge in [0.1, 0.15) is 0 Å². The number of benzene rings is 1. The van der Waals surface area contributed by atoms with Crippen LogP contribution >= 0.6 is 0 Å².